The maximum Gasteiger partial charge on any atom is 0.251 e. The summed E-state index contributed by atoms with van der Waals surface area (Å²) in [7, 11) is 0. The number of benzene rings is 1. The van der Waals surface area contributed by atoms with Gasteiger partial charge in [-0.25, -0.2) is 0 Å². The van der Waals surface area contributed by atoms with E-state index in [9.17, 15) is 9.59 Å². The second-order valence-electron chi connectivity index (χ2n) is 5.68. The van der Waals surface area contributed by atoms with E-state index in [4.69, 9.17) is 0 Å². The van der Waals surface area contributed by atoms with Crippen LogP contribution in [-0.2, 0) is 11.2 Å². The predicted molar refractivity (Wildman–Crippen MR) is 75.2 cm³/mol. The maximum atomic E-state index is 12.2. The lowest BCUT2D eigenvalue weighted by Crippen LogP contribution is -2.43. The molecule has 4 heteroatoms. The average Bonchev–Trinajstić information content (AvgIpc) is 2.66. The normalized spacial score (nSPS) is 13.9. The van der Waals surface area contributed by atoms with Gasteiger partial charge in [-0.15, -0.1) is 0 Å². The number of hydrogen-bond acceptors (Lipinski definition) is 2. The van der Waals surface area contributed by atoms with Crippen molar-refractivity contribution in [3.63, 3.8) is 0 Å². The highest BCUT2D eigenvalue weighted by Crippen LogP contribution is 2.24. The van der Waals surface area contributed by atoms with E-state index in [1.54, 1.807) is 12.1 Å². The summed E-state index contributed by atoms with van der Waals surface area (Å²) in [4.78, 5) is 23.5. The SMILES string of the molecule is CCCC(C)(C)NC(=O)c1ccc2c(c1)NC(=O)C2. The Morgan fingerprint density at radius 3 is 2.84 bits per heavy atom. The van der Waals surface area contributed by atoms with Gasteiger partial charge in [0, 0.05) is 16.8 Å². The summed E-state index contributed by atoms with van der Waals surface area (Å²) in [6.07, 6.45) is 2.35. The summed E-state index contributed by atoms with van der Waals surface area (Å²) in [6, 6.07) is 5.36. The largest absolute Gasteiger partial charge is 0.347 e. The Labute approximate surface area is 113 Å². The molecule has 4 nitrogen and oxygen atoms in total. The molecule has 102 valence electrons. The molecule has 1 aliphatic rings. The molecule has 1 heterocycles. The first-order valence-corrected chi connectivity index (χ1v) is 6.66. The summed E-state index contributed by atoms with van der Waals surface area (Å²) < 4.78 is 0. The highest BCUT2D eigenvalue weighted by molar-refractivity contribution is 6.02. The minimum Gasteiger partial charge on any atom is -0.347 e. The van der Waals surface area contributed by atoms with Gasteiger partial charge in [-0.1, -0.05) is 19.4 Å². The van der Waals surface area contributed by atoms with Crippen molar-refractivity contribution < 1.29 is 9.59 Å². The molecule has 1 aromatic rings. The Morgan fingerprint density at radius 1 is 1.42 bits per heavy atom. The molecule has 0 atom stereocenters. The summed E-state index contributed by atoms with van der Waals surface area (Å²) >= 11 is 0. The van der Waals surface area contributed by atoms with E-state index in [1.165, 1.54) is 0 Å². The van der Waals surface area contributed by atoms with Crippen molar-refractivity contribution in [3.05, 3.63) is 29.3 Å². The van der Waals surface area contributed by atoms with Crippen LogP contribution in [0.3, 0.4) is 0 Å². The van der Waals surface area contributed by atoms with Crippen LogP contribution in [0.2, 0.25) is 0 Å². The third kappa shape index (κ3) is 3.13. The van der Waals surface area contributed by atoms with Crippen molar-refractivity contribution >= 4 is 17.5 Å². The number of nitrogens with one attached hydrogen (secondary N) is 2. The second-order valence-corrected chi connectivity index (χ2v) is 5.68. The van der Waals surface area contributed by atoms with Crippen LogP contribution in [0.5, 0.6) is 0 Å². The quantitative estimate of drug-likeness (QED) is 0.873. The Hall–Kier alpha value is -1.84. The van der Waals surface area contributed by atoms with Crippen molar-refractivity contribution in [3.8, 4) is 0 Å². The van der Waals surface area contributed by atoms with Crippen molar-refractivity contribution in [1.29, 1.82) is 0 Å². The number of hydrogen-bond donors (Lipinski definition) is 2. The van der Waals surface area contributed by atoms with Crippen LogP contribution in [0.4, 0.5) is 5.69 Å². The van der Waals surface area contributed by atoms with E-state index < -0.39 is 0 Å². The number of rotatable bonds is 4. The zero-order valence-electron chi connectivity index (χ0n) is 11.7. The molecule has 0 aromatic heterocycles. The van der Waals surface area contributed by atoms with Crippen LogP contribution >= 0.6 is 0 Å². The molecule has 19 heavy (non-hydrogen) atoms. The molecule has 0 aliphatic carbocycles. The van der Waals surface area contributed by atoms with E-state index in [-0.39, 0.29) is 17.4 Å². The summed E-state index contributed by atoms with van der Waals surface area (Å²) in [6.45, 7) is 6.13. The molecule has 0 saturated carbocycles. The standard InChI is InChI=1S/C15H20N2O2/c1-4-7-15(2,3)17-14(19)11-6-5-10-9-13(18)16-12(10)8-11/h5-6,8H,4,7,9H2,1-3H3,(H,16,18)(H,17,19). The highest BCUT2D eigenvalue weighted by atomic mass is 16.2. The van der Waals surface area contributed by atoms with E-state index >= 15 is 0 Å². The van der Waals surface area contributed by atoms with Gasteiger partial charge >= 0.3 is 0 Å². The number of fused-ring (bicyclic) bond motifs is 1. The van der Waals surface area contributed by atoms with Crippen LogP contribution in [-0.4, -0.2) is 17.4 Å². The fourth-order valence-electron chi connectivity index (χ4n) is 2.42. The molecule has 0 fully saturated rings. The number of anilines is 1. The molecule has 1 aromatic carbocycles. The lowest BCUT2D eigenvalue weighted by molar-refractivity contribution is -0.115. The van der Waals surface area contributed by atoms with Crippen LogP contribution in [0.25, 0.3) is 0 Å². The van der Waals surface area contributed by atoms with Gasteiger partial charge in [-0.05, 0) is 38.0 Å². The average molecular weight is 260 g/mol. The first kappa shape index (κ1) is 13.6. The third-order valence-corrected chi connectivity index (χ3v) is 3.32. The molecular formula is C15H20N2O2. The maximum absolute atomic E-state index is 12.2. The van der Waals surface area contributed by atoms with Crippen molar-refractivity contribution in [2.75, 3.05) is 5.32 Å². The summed E-state index contributed by atoms with van der Waals surface area (Å²) in [5, 5.41) is 5.79. The zero-order valence-corrected chi connectivity index (χ0v) is 11.7. The van der Waals surface area contributed by atoms with Gasteiger partial charge in [-0.2, -0.15) is 0 Å². The molecule has 0 saturated heterocycles. The smallest absolute Gasteiger partial charge is 0.251 e. The Morgan fingerprint density at radius 2 is 2.16 bits per heavy atom. The summed E-state index contributed by atoms with van der Waals surface area (Å²) in [5.74, 6) is -0.110. The fourth-order valence-corrected chi connectivity index (χ4v) is 2.42. The molecule has 0 unspecified atom stereocenters. The van der Waals surface area contributed by atoms with Crippen LogP contribution in [0, 0.1) is 0 Å². The fraction of sp³-hybridized carbons (Fsp3) is 0.467. The molecule has 0 radical (unpaired) electrons. The molecular weight excluding hydrogens is 240 g/mol. The molecule has 2 rings (SSSR count). The molecule has 1 aliphatic heterocycles. The third-order valence-electron chi connectivity index (χ3n) is 3.32. The van der Waals surface area contributed by atoms with Gasteiger partial charge in [0.05, 0.1) is 6.42 Å². The molecule has 0 bridgehead atoms. The molecule has 2 amide bonds. The lowest BCUT2D eigenvalue weighted by Gasteiger charge is -2.25. The van der Waals surface area contributed by atoms with Crippen molar-refractivity contribution in [1.82, 2.24) is 5.32 Å². The Balaban J connectivity index is 2.13. The second kappa shape index (κ2) is 5.03. The Kier molecular flexibility index (Phi) is 3.60. The van der Waals surface area contributed by atoms with E-state index in [1.807, 2.05) is 19.9 Å². The van der Waals surface area contributed by atoms with Gasteiger partial charge in [0.25, 0.3) is 5.91 Å². The minimum atomic E-state index is -0.214. The van der Waals surface area contributed by atoms with Crippen molar-refractivity contribution in [2.24, 2.45) is 0 Å². The van der Waals surface area contributed by atoms with Crippen molar-refractivity contribution in [2.45, 2.75) is 45.6 Å². The topological polar surface area (TPSA) is 58.2 Å². The van der Waals surface area contributed by atoms with Crippen LogP contribution < -0.4 is 10.6 Å². The van der Waals surface area contributed by atoms with Gasteiger partial charge in [0.1, 0.15) is 0 Å². The first-order chi connectivity index (χ1) is 8.91. The molecule has 2 N–H and O–H groups in total. The Bertz CT molecular complexity index is 521. The van der Waals surface area contributed by atoms with E-state index in [0.717, 1.165) is 24.1 Å². The van der Waals surface area contributed by atoms with E-state index in [0.29, 0.717) is 12.0 Å². The highest BCUT2D eigenvalue weighted by Gasteiger charge is 2.22. The minimum absolute atomic E-state index is 0.0149. The number of amides is 2. The zero-order chi connectivity index (χ0) is 14.0. The van der Waals surface area contributed by atoms with Gasteiger partial charge in [-0.3, -0.25) is 9.59 Å². The lowest BCUT2D eigenvalue weighted by atomic mass is 9.98. The van der Waals surface area contributed by atoms with Crippen LogP contribution in [0.1, 0.15) is 49.5 Å². The predicted octanol–water partition coefficient (Wildman–Crippen LogP) is 2.49. The van der Waals surface area contributed by atoms with Gasteiger partial charge in [0.15, 0.2) is 0 Å². The number of carbonyl (C=O) groups excluding carboxylic acids is 2. The first-order valence-electron chi connectivity index (χ1n) is 6.66. The van der Waals surface area contributed by atoms with Gasteiger partial charge < -0.3 is 10.6 Å². The molecule has 0 spiro atoms. The monoisotopic (exact) mass is 260 g/mol. The van der Waals surface area contributed by atoms with E-state index in [2.05, 4.69) is 17.6 Å². The summed E-state index contributed by atoms with van der Waals surface area (Å²) in [5.41, 5.74) is 2.08. The number of carbonyl (C=O) groups is 2. The van der Waals surface area contributed by atoms with Gasteiger partial charge in [0.2, 0.25) is 5.91 Å². The van der Waals surface area contributed by atoms with Crippen LogP contribution in [0.15, 0.2) is 18.2 Å².